The summed E-state index contributed by atoms with van der Waals surface area (Å²) in [5.41, 5.74) is 0.326. The van der Waals surface area contributed by atoms with Crippen molar-refractivity contribution in [2.45, 2.75) is 26.4 Å². The van der Waals surface area contributed by atoms with E-state index in [2.05, 4.69) is 5.32 Å². The number of thiophene rings is 1. The minimum absolute atomic E-state index is 0.0513. The molecular weight excluding hydrogens is 226 g/mol. The van der Waals surface area contributed by atoms with Crippen LogP contribution in [0.4, 0.5) is 0 Å². The summed E-state index contributed by atoms with van der Waals surface area (Å²) in [4.78, 5) is 11.6. The van der Waals surface area contributed by atoms with Gasteiger partial charge in [-0.25, -0.2) is 4.79 Å². The van der Waals surface area contributed by atoms with E-state index in [4.69, 9.17) is 10.2 Å². The Bertz CT molecular complexity index is 349. The Balaban J connectivity index is 2.50. The van der Waals surface area contributed by atoms with Gasteiger partial charge < -0.3 is 15.5 Å². The fourth-order valence-corrected chi connectivity index (χ4v) is 2.14. The van der Waals surface area contributed by atoms with Gasteiger partial charge in [0, 0.05) is 22.8 Å². The van der Waals surface area contributed by atoms with E-state index in [1.165, 1.54) is 11.3 Å². The van der Waals surface area contributed by atoms with Crippen LogP contribution in [-0.4, -0.2) is 28.8 Å². The van der Waals surface area contributed by atoms with Gasteiger partial charge in [-0.1, -0.05) is 13.8 Å². The fraction of sp³-hybridized carbons (Fsp3) is 0.545. The Kier molecular flexibility index (Phi) is 4.92. The molecule has 1 rings (SSSR count). The van der Waals surface area contributed by atoms with Gasteiger partial charge in [0.05, 0.1) is 12.2 Å². The monoisotopic (exact) mass is 243 g/mol. The predicted molar refractivity (Wildman–Crippen MR) is 63.8 cm³/mol. The van der Waals surface area contributed by atoms with Gasteiger partial charge >= 0.3 is 5.97 Å². The minimum atomic E-state index is -0.898. The average molecular weight is 243 g/mol. The number of aliphatic hydroxyl groups excluding tert-OH is 1. The molecule has 0 saturated carbocycles. The molecule has 4 nitrogen and oxygen atoms in total. The topological polar surface area (TPSA) is 69.6 Å². The third-order valence-electron chi connectivity index (χ3n) is 2.44. The number of carboxylic acid groups (broad SMARTS) is 1. The van der Waals surface area contributed by atoms with E-state index < -0.39 is 5.97 Å². The van der Waals surface area contributed by atoms with Gasteiger partial charge in [0.1, 0.15) is 0 Å². The van der Waals surface area contributed by atoms with Crippen molar-refractivity contribution >= 4 is 17.3 Å². The molecule has 1 unspecified atom stereocenters. The lowest BCUT2D eigenvalue weighted by atomic mass is 10.1. The lowest BCUT2D eigenvalue weighted by molar-refractivity contribution is 0.0697. The average Bonchev–Trinajstić information content (AvgIpc) is 2.67. The molecule has 0 fully saturated rings. The summed E-state index contributed by atoms with van der Waals surface area (Å²) in [5, 5.41) is 22.7. The molecule has 1 heterocycles. The summed E-state index contributed by atoms with van der Waals surface area (Å²) in [7, 11) is 0. The highest BCUT2D eigenvalue weighted by Crippen LogP contribution is 2.15. The lowest BCUT2D eigenvalue weighted by Gasteiger charge is -2.19. The highest BCUT2D eigenvalue weighted by molar-refractivity contribution is 7.10. The van der Waals surface area contributed by atoms with Crippen LogP contribution in [0.3, 0.4) is 0 Å². The molecule has 0 saturated heterocycles. The zero-order valence-corrected chi connectivity index (χ0v) is 10.3. The number of rotatable bonds is 6. The Morgan fingerprint density at radius 1 is 1.56 bits per heavy atom. The molecule has 0 aliphatic rings. The summed E-state index contributed by atoms with van der Waals surface area (Å²) in [6, 6.07) is 1.71. The van der Waals surface area contributed by atoms with Crippen molar-refractivity contribution in [1.29, 1.82) is 0 Å². The van der Waals surface area contributed by atoms with Crippen LogP contribution in [-0.2, 0) is 6.54 Å². The van der Waals surface area contributed by atoms with E-state index in [0.29, 0.717) is 18.0 Å². The van der Waals surface area contributed by atoms with Crippen molar-refractivity contribution in [3.8, 4) is 0 Å². The van der Waals surface area contributed by atoms with Crippen LogP contribution in [0.25, 0.3) is 0 Å². The number of nitrogens with one attached hydrogen (secondary N) is 1. The quantitative estimate of drug-likeness (QED) is 0.709. The van der Waals surface area contributed by atoms with Gasteiger partial charge in [-0.15, -0.1) is 11.3 Å². The third-order valence-corrected chi connectivity index (χ3v) is 3.38. The maximum atomic E-state index is 10.7. The van der Waals surface area contributed by atoms with Crippen LogP contribution in [0.1, 0.15) is 29.1 Å². The maximum Gasteiger partial charge on any atom is 0.336 e. The van der Waals surface area contributed by atoms with Crippen molar-refractivity contribution in [2.75, 3.05) is 6.61 Å². The Morgan fingerprint density at radius 2 is 2.25 bits per heavy atom. The van der Waals surface area contributed by atoms with Gasteiger partial charge in [-0.05, 0) is 12.0 Å². The molecule has 0 spiro atoms. The second-order valence-corrected chi connectivity index (χ2v) is 5.02. The molecule has 0 aromatic carbocycles. The van der Waals surface area contributed by atoms with Crippen molar-refractivity contribution in [3.05, 3.63) is 21.9 Å². The molecule has 1 atom stereocenters. The van der Waals surface area contributed by atoms with Crippen LogP contribution < -0.4 is 5.32 Å². The van der Waals surface area contributed by atoms with E-state index in [1.807, 2.05) is 13.8 Å². The van der Waals surface area contributed by atoms with Crippen molar-refractivity contribution in [2.24, 2.45) is 5.92 Å². The molecule has 1 aromatic heterocycles. The molecule has 0 amide bonds. The Hall–Kier alpha value is -0.910. The van der Waals surface area contributed by atoms with E-state index in [0.717, 1.165) is 4.88 Å². The molecule has 0 radical (unpaired) electrons. The summed E-state index contributed by atoms with van der Waals surface area (Å²) < 4.78 is 0. The molecular formula is C11H17NO3S. The SMILES string of the molecule is CC(C)C(CO)NCc1cc(C(=O)O)cs1. The van der Waals surface area contributed by atoms with Crippen molar-refractivity contribution in [1.82, 2.24) is 5.32 Å². The summed E-state index contributed by atoms with van der Waals surface area (Å²) >= 11 is 1.42. The van der Waals surface area contributed by atoms with Gasteiger partial charge in [0.2, 0.25) is 0 Å². The molecule has 3 N–H and O–H groups in total. The largest absolute Gasteiger partial charge is 0.478 e. The predicted octanol–water partition coefficient (Wildman–Crippen LogP) is 1.55. The fourth-order valence-electron chi connectivity index (χ4n) is 1.33. The van der Waals surface area contributed by atoms with Crippen LogP contribution >= 0.6 is 11.3 Å². The summed E-state index contributed by atoms with van der Waals surface area (Å²) in [5.74, 6) is -0.547. The molecule has 90 valence electrons. The number of aliphatic hydroxyl groups is 1. The van der Waals surface area contributed by atoms with E-state index >= 15 is 0 Å². The van der Waals surface area contributed by atoms with E-state index in [1.54, 1.807) is 11.4 Å². The number of hydrogen-bond donors (Lipinski definition) is 3. The van der Waals surface area contributed by atoms with Crippen LogP contribution in [0.15, 0.2) is 11.4 Å². The zero-order valence-electron chi connectivity index (χ0n) is 9.43. The number of carboxylic acids is 1. The van der Waals surface area contributed by atoms with E-state index in [-0.39, 0.29) is 12.6 Å². The first-order valence-corrected chi connectivity index (χ1v) is 6.07. The van der Waals surface area contributed by atoms with Gasteiger partial charge in [0.15, 0.2) is 0 Å². The minimum Gasteiger partial charge on any atom is -0.478 e. The van der Waals surface area contributed by atoms with Crippen LogP contribution in [0.5, 0.6) is 0 Å². The van der Waals surface area contributed by atoms with Crippen molar-refractivity contribution < 1.29 is 15.0 Å². The Morgan fingerprint density at radius 3 is 2.69 bits per heavy atom. The molecule has 5 heteroatoms. The van der Waals surface area contributed by atoms with Crippen molar-refractivity contribution in [3.63, 3.8) is 0 Å². The van der Waals surface area contributed by atoms with Gasteiger partial charge in [-0.3, -0.25) is 0 Å². The number of carbonyl (C=O) groups is 1. The molecule has 0 aliphatic heterocycles. The summed E-state index contributed by atoms with van der Waals surface area (Å²) in [6.07, 6.45) is 0. The number of hydrogen-bond acceptors (Lipinski definition) is 4. The van der Waals surface area contributed by atoms with Gasteiger partial charge in [0.25, 0.3) is 0 Å². The third kappa shape index (κ3) is 3.59. The summed E-state index contributed by atoms with van der Waals surface area (Å²) in [6.45, 7) is 4.76. The molecule has 16 heavy (non-hydrogen) atoms. The first kappa shape index (κ1) is 13.2. The molecule has 0 bridgehead atoms. The van der Waals surface area contributed by atoms with E-state index in [9.17, 15) is 4.79 Å². The smallest absolute Gasteiger partial charge is 0.336 e. The second kappa shape index (κ2) is 5.98. The normalized spacial score (nSPS) is 13.0. The standard InChI is InChI=1S/C11H17NO3S/c1-7(2)10(5-13)12-4-9-3-8(6-16-9)11(14)15/h3,6-7,10,12-13H,4-5H2,1-2H3,(H,14,15). The highest BCUT2D eigenvalue weighted by Gasteiger charge is 2.12. The maximum absolute atomic E-state index is 10.7. The highest BCUT2D eigenvalue weighted by atomic mass is 32.1. The molecule has 0 aliphatic carbocycles. The number of aromatic carboxylic acids is 1. The van der Waals surface area contributed by atoms with Gasteiger partial charge in [-0.2, -0.15) is 0 Å². The second-order valence-electron chi connectivity index (χ2n) is 4.02. The molecule has 1 aromatic rings. The Labute approximate surface area is 98.9 Å². The first-order valence-electron chi connectivity index (χ1n) is 5.19. The lowest BCUT2D eigenvalue weighted by Crippen LogP contribution is -2.36. The zero-order chi connectivity index (χ0) is 12.1. The van der Waals surface area contributed by atoms with Crippen LogP contribution in [0, 0.1) is 5.92 Å². The first-order chi connectivity index (χ1) is 7.54. The van der Waals surface area contributed by atoms with Crippen LogP contribution in [0.2, 0.25) is 0 Å².